The third-order valence-electron chi connectivity index (χ3n) is 4.84. The Morgan fingerprint density at radius 3 is 2.69 bits per heavy atom. The fourth-order valence-corrected chi connectivity index (χ4v) is 3.56. The molecular formula is C25H21Cl2N3O2. The fourth-order valence-electron chi connectivity index (χ4n) is 3.19. The van der Waals surface area contributed by atoms with E-state index in [9.17, 15) is 4.79 Å². The molecule has 0 aliphatic rings. The van der Waals surface area contributed by atoms with E-state index in [1.165, 1.54) is 0 Å². The molecule has 0 bridgehead atoms. The lowest BCUT2D eigenvalue weighted by Gasteiger charge is -2.10. The maximum absolute atomic E-state index is 12.7. The highest BCUT2D eigenvalue weighted by molar-refractivity contribution is 6.32. The number of rotatable bonds is 7. The highest BCUT2D eigenvalue weighted by Crippen LogP contribution is 2.26. The van der Waals surface area contributed by atoms with Gasteiger partial charge in [0.1, 0.15) is 12.4 Å². The van der Waals surface area contributed by atoms with E-state index >= 15 is 0 Å². The normalized spacial score (nSPS) is 10.7. The van der Waals surface area contributed by atoms with E-state index in [2.05, 4.69) is 10.4 Å². The number of aromatic nitrogens is 2. The number of hydrogen-bond donors (Lipinski definition) is 1. The first kappa shape index (κ1) is 21.9. The van der Waals surface area contributed by atoms with Crippen LogP contribution in [0.1, 0.15) is 27.0 Å². The molecule has 0 spiro atoms. The van der Waals surface area contributed by atoms with E-state index in [0.717, 1.165) is 16.7 Å². The van der Waals surface area contributed by atoms with E-state index in [0.29, 0.717) is 40.3 Å². The quantitative estimate of drug-likeness (QED) is 0.344. The average Bonchev–Trinajstić information content (AvgIpc) is 3.23. The van der Waals surface area contributed by atoms with Crippen molar-refractivity contribution in [2.45, 2.75) is 20.1 Å². The summed E-state index contributed by atoms with van der Waals surface area (Å²) in [5, 5.41) is 8.48. The van der Waals surface area contributed by atoms with Crippen molar-refractivity contribution in [2.24, 2.45) is 0 Å². The van der Waals surface area contributed by atoms with Gasteiger partial charge in [-0.2, -0.15) is 5.10 Å². The number of amides is 1. The van der Waals surface area contributed by atoms with Gasteiger partial charge in [0.2, 0.25) is 0 Å². The van der Waals surface area contributed by atoms with Crippen molar-refractivity contribution >= 4 is 34.9 Å². The standard InChI is InChI=1S/C25H21Cl2N3O2/c1-17-9-10-22(27)23(13-17)32-16-18-5-4-7-19(14-18)25(31)28-24-11-12-30(29-24)15-20-6-2-3-8-21(20)26/h2-14H,15-16H2,1H3,(H,28,29,31). The lowest BCUT2D eigenvalue weighted by Crippen LogP contribution is -2.13. The van der Waals surface area contributed by atoms with Crippen molar-refractivity contribution < 1.29 is 9.53 Å². The van der Waals surface area contributed by atoms with Crippen molar-refractivity contribution in [3.8, 4) is 5.75 Å². The molecule has 1 amide bonds. The molecule has 0 aliphatic heterocycles. The van der Waals surface area contributed by atoms with Crippen LogP contribution >= 0.6 is 23.2 Å². The Bertz CT molecular complexity index is 1250. The first-order valence-electron chi connectivity index (χ1n) is 10.0. The number of aryl methyl sites for hydroxylation is 1. The molecule has 4 aromatic rings. The summed E-state index contributed by atoms with van der Waals surface area (Å²) in [6.07, 6.45) is 1.80. The minimum atomic E-state index is -0.247. The lowest BCUT2D eigenvalue weighted by atomic mass is 10.1. The highest BCUT2D eigenvalue weighted by Gasteiger charge is 2.10. The van der Waals surface area contributed by atoms with E-state index in [1.54, 1.807) is 35.1 Å². The molecular weight excluding hydrogens is 445 g/mol. The van der Waals surface area contributed by atoms with Crippen LogP contribution in [-0.4, -0.2) is 15.7 Å². The van der Waals surface area contributed by atoms with E-state index in [1.807, 2.05) is 55.5 Å². The Hall–Kier alpha value is -3.28. The van der Waals surface area contributed by atoms with Gasteiger partial charge in [-0.1, -0.05) is 59.6 Å². The van der Waals surface area contributed by atoms with Crippen molar-refractivity contribution in [1.29, 1.82) is 0 Å². The van der Waals surface area contributed by atoms with Crippen molar-refractivity contribution in [2.75, 3.05) is 5.32 Å². The Kier molecular flexibility index (Phi) is 6.78. The van der Waals surface area contributed by atoms with Crippen LogP contribution < -0.4 is 10.1 Å². The van der Waals surface area contributed by atoms with Crippen LogP contribution in [-0.2, 0) is 13.2 Å². The maximum Gasteiger partial charge on any atom is 0.256 e. The third kappa shape index (κ3) is 5.49. The average molecular weight is 466 g/mol. The van der Waals surface area contributed by atoms with Gasteiger partial charge in [-0.25, -0.2) is 0 Å². The van der Waals surface area contributed by atoms with Gasteiger partial charge in [0.15, 0.2) is 5.82 Å². The Labute approximate surface area is 196 Å². The van der Waals surface area contributed by atoms with Gasteiger partial charge in [0.05, 0.1) is 11.6 Å². The molecule has 0 radical (unpaired) electrons. The predicted octanol–water partition coefficient (Wildman–Crippen LogP) is 6.38. The highest BCUT2D eigenvalue weighted by atomic mass is 35.5. The van der Waals surface area contributed by atoms with Crippen LogP contribution in [0, 0.1) is 6.92 Å². The minimum Gasteiger partial charge on any atom is -0.487 e. The first-order valence-corrected chi connectivity index (χ1v) is 10.8. The van der Waals surface area contributed by atoms with Crippen LogP contribution in [0.4, 0.5) is 5.82 Å². The van der Waals surface area contributed by atoms with Crippen LogP contribution in [0.5, 0.6) is 5.75 Å². The zero-order valence-corrected chi connectivity index (χ0v) is 18.9. The number of halogens is 2. The van der Waals surface area contributed by atoms with Crippen LogP contribution in [0.2, 0.25) is 10.0 Å². The van der Waals surface area contributed by atoms with Crippen molar-refractivity contribution in [3.05, 3.63) is 111 Å². The Morgan fingerprint density at radius 1 is 1.00 bits per heavy atom. The van der Waals surface area contributed by atoms with Crippen molar-refractivity contribution in [1.82, 2.24) is 9.78 Å². The monoisotopic (exact) mass is 465 g/mol. The summed E-state index contributed by atoms with van der Waals surface area (Å²) in [5.74, 6) is 0.837. The maximum atomic E-state index is 12.7. The summed E-state index contributed by atoms with van der Waals surface area (Å²) in [4.78, 5) is 12.7. The number of ether oxygens (including phenoxy) is 1. The lowest BCUT2D eigenvalue weighted by molar-refractivity contribution is 0.102. The first-order chi connectivity index (χ1) is 15.5. The van der Waals surface area contributed by atoms with Gasteiger partial charge in [-0.15, -0.1) is 0 Å². The molecule has 0 saturated carbocycles. The van der Waals surface area contributed by atoms with Gasteiger partial charge >= 0.3 is 0 Å². The number of carbonyl (C=O) groups is 1. The molecule has 0 aliphatic carbocycles. The molecule has 1 heterocycles. The van der Waals surface area contributed by atoms with E-state index < -0.39 is 0 Å². The molecule has 3 aromatic carbocycles. The molecule has 4 rings (SSSR count). The summed E-state index contributed by atoms with van der Waals surface area (Å²) in [6.45, 7) is 2.80. The molecule has 0 saturated heterocycles. The number of nitrogens with one attached hydrogen (secondary N) is 1. The van der Waals surface area contributed by atoms with Crippen LogP contribution in [0.15, 0.2) is 79.0 Å². The molecule has 162 valence electrons. The zero-order valence-electron chi connectivity index (χ0n) is 17.4. The molecule has 1 N–H and O–H groups in total. The molecule has 5 nitrogen and oxygen atoms in total. The second kappa shape index (κ2) is 9.90. The second-order valence-electron chi connectivity index (χ2n) is 7.37. The number of hydrogen-bond acceptors (Lipinski definition) is 3. The predicted molar refractivity (Wildman–Crippen MR) is 128 cm³/mol. The Morgan fingerprint density at radius 2 is 1.84 bits per heavy atom. The van der Waals surface area contributed by atoms with Gasteiger partial charge in [-0.3, -0.25) is 9.48 Å². The summed E-state index contributed by atoms with van der Waals surface area (Å²) >= 11 is 12.4. The second-order valence-corrected chi connectivity index (χ2v) is 8.18. The van der Waals surface area contributed by atoms with Crippen LogP contribution in [0.3, 0.4) is 0 Å². The number of anilines is 1. The molecule has 32 heavy (non-hydrogen) atoms. The molecule has 0 unspecified atom stereocenters. The van der Waals surface area contributed by atoms with Gasteiger partial charge < -0.3 is 10.1 Å². The molecule has 7 heteroatoms. The zero-order chi connectivity index (χ0) is 22.5. The summed E-state index contributed by atoms with van der Waals surface area (Å²) in [5.41, 5.74) is 3.39. The fraction of sp³-hybridized carbons (Fsp3) is 0.120. The van der Waals surface area contributed by atoms with Gasteiger partial charge in [0.25, 0.3) is 5.91 Å². The third-order valence-corrected chi connectivity index (χ3v) is 5.52. The number of nitrogens with zero attached hydrogens (tertiary/aromatic N) is 2. The summed E-state index contributed by atoms with van der Waals surface area (Å²) < 4.78 is 7.56. The van der Waals surface area contributed by atoms with Crippen molar-refractivity contribution in [3.63, 3.8) is 0 Å². The largest absolute Gasteiger partial charge is 0.487 e. The molecule has 0 fully saturated rings. The molecule has 1 aromatic heterocycles. The topological polar surface area (TPSA) is 56.1 Å². The van der Waals surface area contributed by atoms with E-state index in [4.69, 9.17) is 27.9 Å². The summed E-state index contributed by atoms with van der Waals surface area (Å²) in [6, 6.07) is 22.2. The van der Waals surface area contributed by atoms with Gasteiger partial charge in [0, 0.05) is 22.8 Å². The molecule has 0 atom stereocenters. The van der Waals surface area contributed by atoms with E-state index in [-0.39, 0.29) is 5.91 Å². The van der Waals surface area contributed by atoms with Crippen LogP contribution in [0.25, 0.3) is 0 Å². The smallest absolute Gasteiger partial charge is 0.256 e. The minimum absolute atomic E-state index is 0.247. The van der Waals surface area contributed by atoms with Gasteiger partial charge in [-0.05, 0) is 53.9 Å². The number of carbonyl (C=O) groups excluding carboxylic acids is 1. The Balaban J connectivity index is 1.39. The SMILES string of the molecule is Cc1ccc(Cl)c(OCc2cccc(C(=O)Nc3ccn(Cc4ccccc4Cl)n3)c2)c1. The number of benzene rings is 3. The summed E-state index contributed by atoms with van der Waals surface area (Å²) in [7, 11) is 0.